The van der Waals surface area contributed by atoms with Crippen LogP contribution in [-0.4, -0.2) is 53.6 Å². The van der Waals surface area contributed by atoms with Crippen molar-refractivity contribution in [1.82, 2.24) is 0 Å². The summed E-state index contributed by atoms with van der Waals surface area (Å²) in [6.45, 7) is 4.69. The standard InChI is InChI=1S/C17H24O5.C3H8/c1-21-9-12-10(8-18)2-3-13-11(12)4-5-16(19)6-14-15(22-14)7-17(13,16)20;1-3-2/h8,11,13-15,19-20H,2-7,9H2,1H3;3H2,1-2H3/t11?,13?,14?,15?,16-,17-;/m1./s1. The van der Waals surface area contributed by atoms with E-state index in [0.29, 0.717) is 32.3 Å². The Bertz CT molecular complexity index is 544. The number of hydrogen-bond acceptors (Lipinski definition) is 5. The second-order valence-electron chi connectivity index (χ2n) is 8.18. The smallest absolute Gasteiger partial charge is 0.146 e. The number of epoxide rings is 1. The Kier molecular flexibility index (Phi) is 5.41. The van der Waals surface area contributed by atoms with E-state index >= 15 is 0 Å². The SMILES string of the molecule is CCC.COCC1=C(C=O)CCC2C1CC[C@@]1(O)CC3OC3C[C@@]21O. The molecule has 2 saturated carbocycles. The molecular weight excluding hydrogens is 320 g/mol. The maximum Gasteiger partial charge on any atom is 0.146 e. The van der Waals surface area contributed by atoms with E-state index in [4.69, 9.17) is 9.47 Å². The van der Waals surface area contributed by atoms with Gasteiger partial charge in [0.1, 0.15) is 6.29 Å². The number of rotatable bonds is 3. The van der Waals surface area contributed by atoms with Crippen molar-refractivity contribution in [3.63, 3.8) is 0 Å². The quantitative estimate of drug-likeness (QED) is 0.602. The summed E-state index contributed by atoms with van der Waals surface area (Å²) in [5.74, 6) is 0.125. The number of aldehydes is 1. The van der Waals surface area contributed by atoms with Crippen LogP contribution in [-0.2, 0) is 14.3 Å². The van der Waals surface area contributed by atoms with Crippen molar-refractivity contribution < 1.29 is 24.5 Å². The first kappa shape index (κ1) is 19.0. The van der Waals surface area contributed by atoms with Crippen molar-refractivity contribution in [2.75, 3.05) is 13.7 Å². The largest absolute Gasteiger partial charge is 0.387 e. The van der Waals surface area contributed by atoms with Gasteiger partial charge in [0.25, 0.3) is 0 Å². The second kappa shape index (κ2) is 7.10. The fourth-order valence-corrected chi connectivity index (χ4v) is 5.34. The molecule has 0 bridgehead atoms. The van der Waals surface area contributed by atoms with Crippen molar-refractivity contribution in [2.24, 2.45) is 11.8 Å². The Labute approximate surface area is 150 Å². The van der Waals surface area contributed by atoms with Crippen molar-refractivity contribution in [3.05, 3.63) is 11.1 Å². The minimum absolute atomic E-state index is 0.00903. The van der Waals surface area contributed by atoms with Gasteiger partial charge < -0.3 is 19.7 Å². The minimum atomic E-state index is -1.10. The topological polar surface area (TPSA) is 79.3 Å². The van der Waals surface area contributed by atoms with Gasteiger partial charge in [-0.3, -0.25) is 4.79 Å². The van der Waals surface area contributed by atoms with Crippen LogP contribution in [0.3, 0.4) is 0 Å². The molecule has 1 aliphatic heterocycles. The minimum Gasteiger partial charge on any atom is -0.387 e. The molecule has 0 radical (unpaired) electrons. The van der Waals surface area contributed by atoms with E-state index in [9.17, 15) is 15.0 Å². The molecule has 4 aliphatic rings. The molecule has 2 N–H and O–H groups in total. The van der Waals surface area contributed by atoms with Gasteiger partial charge in [-0.2, -0.15) is 0 Å². The highest BCUT2D eigenvalue weighted by Gasteiger charge is 2.67. The highest BCUT2D eigenvalue weighted by Crippen LogP contribution is 2.60. The molecule has 0 aromatic heterocycles. The number of carbonyl (C=O) groups excluding carboxylic acids is 1. The van der Waals surface area contributed by atoms with Gasteiger partial charge in [0, 0.05) is 20.0 Å². The molecule has 1 saturated heterocycles. The lowest BCUT2D eigenvalue weighted by atomic mass is 9.52. The molecule has 0 aromatic rings. The molecule has 5 nitrogen and oxygen atoms in total. The molecule has 4 rings (SSSR count). The lowest BCUT2D eigenvalue weighted by Gasteiger charge is -2.57. The first-order valence-electron chi connectivity index (χ1n) is 9.70. The summed E-state index contributed by atoms with van der Waals surface area (Å²) in [4.78, 5) is 11.4. The summed E-state index contributed by atoms with van der Waals surface area (Å²) >= 11 is 0. The van der Waals surface area contributed by atoms with Gasteiger partial charge in [-0.1, -0.05) is 20.3 Å². The number of ether oxygens (including phenoxy) is 2. The number of aliphatic hydroxyl groups is 2. The van der Waals surface area contributed by atoms with Crippen LogP contribution in [0.2, 0.25) is 0 Å². The third kappa shape index (κ3) is 3.09. The molecule has 0 amide bonds. The van der Waals surface area contributed by atoms with Gasteiger partial charge in [-0.25, -0.2) is 0 Å². The molecule has 1 heterocycles. The average molecular weight is 352 g/mol. The van der Waals surface area contributed by atoms with E-state index in [2.05, 4.69) is 13.8 Å². The number of allylic oxidation sites excluding steroid dienone is 1. The maximum atomic E-state index is 11.4. The lowest BCUT2D eigenvalue weighted by molar-refractivity contribution is -0.230. The summed E-state index contributed by atoms with van der Waals surface area (Å²) in [7, 11) is 1.64. The molecule has 142 valence electrons. The van der Waals surface area contributed by atoms with Crippen LogP contribution in [0.5, 0.6) is 0 Å². The second-order valence-corrected chi connectivity index (χ2v) is 8.18. The zero-order chi connectivity index (χ0) is 18.2. The molecule has 3 fully saturated rings. The van der Waals surface area contributed by atoms with Gasteiger partial charge in [0.05, 0.1) is 30.0 Å². The van der Waals surface area contributed by atoms with E-state index in [1.807, 2.05) is 0 Å². The van der Waals surface area contributed by atoms with Crippen LogP contribution in [0.1, 0.15) is 58.8 Å². The predicted molar refractivity (Wildman–Crippen MR) is 94.2 cm³/mol. The van der Waals surface area contributed by atoms with E-state index in [1.165, 1.54) is 6.42 Å². The van der Waals surface area contributed by atoms with E-state index in [-0.39, 0.29) is 24.0 Å². The van der Waals surface area contributed by atoms with Crippen LogP contribution in [0.15, 0.2) is 11.1 Å². The van der Waals surface area contributed by atoms with Gasteiger partial charge in [0.15, 0.2) is 0 Å². The van der Waals surface area contributed by atoms with Crippen LogP contribution in [0.25, 0.3) is 0 Å². The van der Waals surface area contributed by atoms with Crippen molar-refractivity contribution in [1.29, 1.82) is 0 Å². The van der Waals surface area contributed by atoms with E-state index < -0.39 is 11.2 Å². The summed E-state index contributed by atoms with van der Waals surface area (Å²) < 4.78 is 10.9. The zero-order valence-corrected chi connectivity index (χ0v) is 15.7. The summed E-state index contributed by atoms with van der Waals surface area (Å²) in [6.07, 6.45) is 6.27. The van der Waals surface area contributed by atoms with Crippen molar-refractivity contribution in [3.8, 4) is 0 Å². The molecule has 5 heteroatoms. The summed E-state index contributed by atoms with van der Waals surface area (Å²) in [5, 5.41) is 22.5. The highest BCUT2D eigenvalue weighted by molar-refractivity contribution is 5.75. The Hall–Kier alpha value is -0.750. The van der Waals surface area contributed by atoms with Crippen molar-refractivity contribution >= 4 is 6.29 Å². The molecular formula is C20H32O5. The zero-order valence-electron chi connectivity index (χ0n) is 15.7. The van der Waals surface area contributed by atoms with Gasteiger partial charge in [0.2, 0.25) is 0 Å². The van der Waals surface area contributed by atoms with E-state index in [1.54, 1.807) is 7.11 Å². The van der Waals surface area contributed by atoms with Crippen LogP contribution in [0, 0.1) is 11.8 Å². The molecule has 6 atom stereocenters. The van der Waals surface area contributed by atoms with Crippen LogP contribution < -0.4 is 0 Å². The van der Waals surface area contributed by atoms with Crippen molar-refractivity contribution in [2.45, 2.75) is 82.2 Å². The van der Waals surface area contributed by atoms with Gasteiger partial charge in [-0.15, -0.1) is 0 Å². The highest BCUT2D eigenvalue weighted by atomic mass is 16.6. The molecule has 0 spiro atoms. The molecule has 3 aliphatic carbocycles. The Balaban J connectivity index is 0.000000569. The number of hydrogen-bond donors (Lipinski definition) is 2. The predicted octanol–water partition coefficient (Wildman–Crippen LogP) is 2.39. The molecule has 0 aromatic carbocycles. The third-order valence-corrected chi connectivity index (χ3v) is 6.54. The number of methoxy groups -OCH3 is 1. The van der Waals surface area contributed by atoms with Crippen LogP contribution >= 0.6 is 0 Å². The van der Waals surface area contributed by atoms with Gasteiger partial charge in [-0.05, 0) is 48.7 Å². The summed E-state index contributed by atoms with van der Waals surface area (Å²) in [5.41, 5.74) is -0.277. The van der Waals surface area contributed by atoms with Crippen LogP contribution in [0.4, 0.5) is 0 Å². The summed E-state index contributed by atoms with van der Waals surface area (Å²) in [6, 6.07) is 0. The fraction of sp³-hybridized carbons (Fsp3) is 0.850. The maximum absolute atomic E-state index is 11.4. The Morgan fingerprint density at radius 3 is 2.56 bits per heavy atom. The lowest BCUT2D eigenvalue weighted by Crippen LogP contribution is -2.66. The molecule has 25 heavy (non-hydrogen) atoms. The Morgan fingerprint density at radius 2 is 1.92 bits per heavy atom. The number of fused-ring (bicyclic) bond motifs is 4. The van der Waals surface area contributed by atoms with E-state index in [0.717, 1.165) is 30.3 Å². The number of carbonyl (C=O) groups is 1. The van der Waals surface area contributed by atoms with Gasteiger partial charge >= 0.3 is 0 Å². The molecule has 4 unspecified atom stereocenters. The average Bonchev–Trinajstić information content (AvgIpc) is 3.30. The Morgan fingerprint density at radius 1 is 1.24 bits per heavy atom. The fourth-order valence-electron chi connectivity index (χ4n) is 5.34. The normalized spacial score (nSPS) is 44.7. The first-order chi connectivity index (χ1) is 11.9. The third-order valence-electron chi connectivity index (χ3n) is 6.54. The first-order valence-corrected chi connectivity index (χ1v) is 9.70. The monoisotopic (exact) mass is 352 g/mol.